The molecule has 0 saturated heterocycles. The highest BCUT2D eigenvalue weighted by atomic mass is 35.5. The molecule has 0 aliphatic rings. The number of halogens is 1. The molecule has 0 heterocycles. The number of nitrogens with one attached hydrogen (secondary N) is 2. The van der Waals surface area contributed by atoms with Crippen LogP contribution in [0.4, 0.5) is 5.69 Å². The van der Waals surface area contributed by atoms with Crippen LogP contribution < -0.4 is 10.6 Å². The zero-order valence-electron chi connectivity index (χ0n) is 15.5. The summed E-state index contributed by atoms with van der Waals surface area (Å²) >= 11 is 13.3. The number of rotatable bonds is 8. The van der Waals surface area contributed by atoms with E-state index in [2.05, 4.69) is 16.7 Å². The number of thiocarbonyl (C=S) groups is 1. The van der Waals surface area contributed by atoms with E-state index in [-0.39, 0.29) is 5.91 Å². The fraction of sp³-hybridized carbons (Fsp3) is 0.300. The van der Waals surface area contributed by atoms with Gasteiger partial charge in [-0.3, -0.25) is 4.79 Å². The third kappa shape index (κ3) is 7.40. The van der Waals surface area contributed by atoms with E-state index in [0.717, 1.165) is 35.2 Å². The van der Waals surface area contributed by atoms with Crippen molar-refractivity contribution in [2.24, 2.45) is 0 Å². The van der Waals surface area contributed by atoms with Gasteiger partial charge in [-0.2, -0.15) is 11.8 Å². The smallest absolute Gasteiger partial charge is 0.253 e. The van der Waals surface area contributed by atoms with Crippen molar-refractivity contribution in [1.82, 2.24) is 10.2 Å². The summed E-state index contributed by atoms with van der Waals surface area (Å²) in [5.41, 5.74) is 2.68. The topological polar surface area (TPSA) is 44.4 Å². The van der Waals surface area contributed by atoms with E-state index in [1.807, 2.05) is 42.1 Å². The van der Waals surface area contributed by atoms with Crippen LogP contribution in [-0.4, -0.2) is 42.3 Å². The summed E-state index contributed by atoms with van der Waals surface area (Å²) in [7, 11) is 3.47. The second-order valence-electron chi connectivity index (χ2n) is 6.16. The summed E-state index contributed by atoms with van der Waals surface area (Å²) < 4.78 is 0. The van der Waals surface area contributed by atoms with E-state index in [9.17, 15) is 4.79 Å². The number of amides is 1. The summed E-state index contributed by atoms with van der Waals surface area (Å²) in [5, 5.41) is 7.74. The van der Waals surface area contributed by atoms with Crippen LogP contribution in [0.25, 0.3) is 0 Å². The molecule has 0 spiro atoms. The molecule has 2 aromatic carbocycles. The van der Waals surface area contributed by atoms with E-state index in [1.54, 1.807) is 31.1 Å². The van der Waals surface area contributed by atoms with Crippen LogP contribution in [0.3, 0.4) is 0 Å². The highest BCUT2D eigenvalue weighted by Gasteiger charge is 2.07. The van der Waals surface area contributed by atoms with Crippen molar-refractivity contribution in [1.29, 1.82) is 0 Å². The van der Waals surface area contributed by atoms with Gasteiger partial charge >= 0.3 is 0 Å². The van der Waals surface area contributed by atoms with Crippen molar-refractivity contribution in [3.8, 4) is 0 Å². The van der Waals surface area contributed by atoms with Crippen LogP contribution >= 0.6 is 35.6 Å². The first-order chi connectivity index (χ1) is 13.0. The minimum Gasteiger partial charge on any atom is -0.362 e. The van der Waals surface area contributed by atoms with Gasteiger partial charge in [-0.15, -0.1) is 0 Å². The van der Waals surface area contributed by atoms with Gasteiger partial charge < -0.3 is 15.5 Å². The lowest BCUT2D eigenvalue weighted by Gasteiger charge is -2.12. The molecule has 2 aromatic rings. The molecule has 0 fully saturated rings. The average molecular weight is 422 g/mol. The molecule has 27 heavy (non-hydrogen) atoms. The Labute approximate surface area is 175 Å². The lowest BCUT2D eigenvalue weighted by atomic mass is 10.2. The highest BCUT2D eigenvalue weighted by molar-refractivity contribution is 7.98. The average Bonchev–Trinajstić information content (AvgIpc) is 2.66. The van der Waals surface area contributed by atoms with Gasteiger partial charge in [-0.05, 0) is 60.3 Å². The van der Waals surface area contributed by atoms with Gasteiger partial charge in [0, 0.05) is 42.7 Å². The van der Waals surface area contributed by atoms with E-state index in [0.29, 0.717) is 10.7 Å². The van der Waals surface area contributed by atoms with Crippen molar-refractivity contribution < 1.29 is 4.79 Å². The predicted molar refractivity (Wildman–Crippen MR) is 121 cm³/mol. The SMILES string of the molecule is CN(C)C(=O)c1ccc(NC(=S)NCCCSCc2ccccc2Cl)cc1. The molecule has 0 saturated carbocycles. The Morgan fingerprint density at radius 3 is 2.52 bits per heavy atom. The Kier molecular flexibility index (Phi) is 8.91. The van der Waals surface area contributed by atoms with Crippen LogP contribution in [0, 0.1) is 0 Å². The third-order valence-corrected chi connectivity index (χ3v) is 5.47. The summed E-state index contributed by atoms with van der Waals surface area (Å²) in [4.78, 5) is 13.4. The maximum absolute atomic E-state index is 11.9. The van der Waals surface area contributed by atoms with Crippen molar-refractivity contribution in [2.45, 2.75) is 12.2 Å². The maximum Gasteiger partial charge on any atom is 0.253 e. The van der Waals surface area contributed by atoms with Crippen LogP contribution in [-0.2, 0) is 5.75 Å². The van der Waals surface area contributed by atoms with Gasteiger partial charge in [0.1, 0.15) is 0 Å². The molecule has 2 N–H and O–H groups in total. The van der Waals surface area contributed by atoms with Crippen molar-refractivity contribution in [3.63, 3.8) is 0 Å². The number of hydrogen-bond donors (Lipinski definition) is 2. The lowest BCUT2D eigenvalue weighted by Crippen LogP contribution is -2.29. The molecule has 2 rings (SSSR count). The number of carbonyl (C=O) groups excluding carboxylic acids is 1. The highest BCUT2D eigenvalue weighted by Crippen LogP contribution is 2.20. The first kappa shape index (κ1) is 21.5. The standard InChI is InChI=1S/C20H24ClN3OS2/c1-24(2)19(25)15-8-10-17(11-9-15)23-20(26)22-12-5-13-27-14-16-6-3-4-7-18(16)21/h3-4,6-11H,5,12-14H2,1-2H3,(H2,22,23,26). The van der Waals surface area contributed by atoms with E-state index in [4.69, 9.17) is 23.8 Å². The first-order valence-electron chi connectivity index (χ1n) is 8.65. The van der Waals surface area contributed by atoms with Gasteiger partial charge in [0.2, 0.25) is 0 Å². The van der Waals surface area contributed by atoms with Gasteiger partial charge in [0.25, 0.3) is 5.91 Å². The number of hydrogen-bond acceptors (Lipinski definition) is 3. The van der Waals surface area contributed by atoms with Gasteiger partial charge in [-0.1, -0.05) is 29.8 Å². The molecule has 1 amide bonds. The van der Waals surface area contributed by atoms with E-state index < -0.39 is 0 Å². The van der Waals surface area contributed by atoms with Crippen molar-refractivity contribution >= 4 is 52.3 Å². The zero-order valence-corrected chi connectivity index (χ0v) is 17.9. The molecule has 0 aliphatic carbocycles. The quantitative estimate of drug-likeness (QED) is 0.479. The maximum atomic E-state index is 11.9. The second kappa shape index (κ2) is 11.2. The Bertz CT molecular complexity index is 766. The summed E-state index contributed by atoms with van der Waals surface area (Å²) in [6, 6.07) is 15.2. The molecule has 144 valence electrons. The van der Waals surface area contributed by atoms with Crippen molar-refractivity contribution in [2.75, 3.05) is 31.7 Å². The molecular formula is C20H24ClN3OS2. The van der Waals surface area contributed by atoms with E-state index >= 15 is 0 Å². The van der Waals surface area contributed by atoms with Crippen LogP contribution in [0.2, 0.25) is 5.02 Å². The summed E-state index contributed by atoms with van der Waals surface area (Å²) in [5.74, 6) is 1.93. The molecule has 7 heteroatoms. The van der Waals surface area contributed by atoms with Crippen LogP contribution in [0.5, 0.6) is 0 Å². The lowest BCUT2D eigenvalue weighted by molar-refractivity contribution is 0.0827. The van der Waals surface area contributed by atoms with E-state index in [1.165, 1.54) is 5.56 Å². The fourth-order valence-corrected chi connectivity index (χ4v) is 3.77. The summed E-state index contributed by atoms with van der Waals surface area (Å²) in [6.45, 7) is 0.804. The molecule has 0 unspecified atom stereocenters. The number of anilines is 1. The Balaban J connectivity index is 1.63. The number of thioether (sulfide) groups is 1. The molecule has 0 aromatic heterocycles. The normalized spacial score (nSPS) is 10.3. The predicted octanol–water partition coefficient (Wildman–Crippen LogP) is 4.65. The largest absolute Gasteiger partial charge is 0.362 e. The molecule has 0 bridgehead atoms. The number of nitrogens with zero attached hydrogens (tertiary/aromatic N) is 1. The Morgan fingerprint density at radius 1 is 1.15 bits per heavy atom. The number of carbonyl (C=O) groups is 1. The second-order valence-corrected chi connectivity index (χ2v) is 8.08. The minimum atomic E-state index is -0.0171. The van der Waals surface area contributed by atoms with Crippen LogP contribution in [0.1, 0.15) is 22.3 Å². The molecule has 0 atom stereocenters. The molecule has 0 aliphatic heterocycles. The van der Waals surface area contributed by atoms with Gasteiger partial charge in [0.15, 0.2) is 5.11 Å². The minimum absolute atomic E-state index is 0.0171. The van der Waals surface area contributed by atoms with Crippen molar-refractivity contribution in [3.05, 3.63) is 64.7 Å². The van der Waals surface area contributed by atoms with Crippen LogP contribution in [0.15, 0.2) is 48.5 Å². The van der Waals surface area contributed by atoms with Gasteiger partial charge in [-0.25, -0.2) is 0 Å². The number of benzene rings is 2. The zero-order chi connectivity index (χ0) is 19.6. The van der Waals surface area contributed by atoms with Gasteiger partial charge in [0.05, 0.1) is 0 Å². The molecule has 0 radical (unpaired) electrons. The fourth-order valence-electron chi connectivity index (χ4n) is 2.30. The first-order valence-corrected chi connectivity index (χ1v) is 10.6. The Morgan fingerprint density at radius 2 is 1.85 bits per heavy atom. The monoisotopic (exact) mass is 421 g/mol. The molecule has 4 nitrogen and oxygen atoms in total. The summed E-state index contributed by atoms with van der Waals surface area (Å²) in [6.07, 6.45) is 1.01. The molecular weight excluding hydrogens is 398 g/mol. The third-order valence-electron chi connectivity index (χ3n) is 3.76. The Hall–Kier alpha value is -1.76.